The topological polar surface area (TPSA) is 78.3 Å². The molecule has 1 atom stereocenters. The quantitative estimate of drug-likeness (QED) is 0.794. The third-order valence-corrected chi connectivity index (χ3v) is 4.95. The molecule has 134 valence electrons. The van der Waals surface area contributed by atoms with Crippen molar-refractivity contribution in [1.82, 2.24) is 20.1 Å². The van der Waals surface area contributed by atoms with Crippen molar-refractivity contribution in [3.8, 4) is 11.5 Å². The molecule has 0 saturated heterocycles. The number of nitrogens with one attached hydrogen (secondary N) is 1. The van der Waals surface area contributed by atoms with Gasteiger partial charge in [-0.15, -0.1) is 10.2 Å². The van der Waals surface area contributed by atoms with Crippen LogP contribution in [0.25, 0.3) is 0 Å². The zero-order chi connectivity index (χ0) is 17.8. The standard InChI is InChI=1S/C17H22N4O3S/c1-11(2)16(12-4-5-13-14(8-12)24-7-6-23-13)19-15(22)9-25-17-20-18-10-21(17)3/h4-5,8,10-11,16H,6-7,9H2,1-3H3,(H,19,22)/t16-/m1/s1. The molecular weight excluding hydrogens is 340 g/mol. The zero-order valence-electron chi connectivity index (χ0n) is 14.6. The molecule has 1 N–H and O–H groups in total. The molecule has 2 aromatic rings. The molecule has 3 rings (SSSR count). The molecule has 0 spiro atoms. The van der Waals surface area contributed by atoms with Crippen molar-refractivity contribution >= 4 is 17.7 Å². The van der Waals surface area contributed by atoms with Gasteiger partial charge in [-0.2, -0.15) is 0 Å². The Morgan fingerprint density at radius 2 is 2.08 bits per heavy atom. The largest absolute Gasteiger partial charge is 0.486 e. The summed E-state index contributed by atoms with van der Waals surface area (Å²) in [5.41, 5.74) is 1.01. The minimum absolute atomic E-state index is 0.0402. The number of amides is 1. The molecule has 1 aromatic heterocycles. The summed E-state index contributed by atoms with van der Waals surface area (Å²) in [4.78, 5) is 12.4. The first kappa shape index (κ1) is 17.6. The van der Waals surface area contributed by atoms with Gasteiger partial charge in [0, 0.05) is 7.05 Å². The van der Waals surface area contributed by atoms with Gasteiger partial charge in [0.05, 0.1) is 11.8 Å². The maximum Gasteiger partial charge on any atom is 0.230 e. The Labute approximate surface area is 151 Å². The van der Waals surface area contributed by atoms with Gasteiger partial charge < -0.3 is 19.4 Å². The number of carbonyl (C=O) groups is 1. The van der Waals surface area contributed by atoms with Crippen LogP contribution in [0.1, 0.15) is 25.5 Å². The fourth-order valence-corrected chi connectivity index (χ4v) is 3.34. The molecule has 25 heavy (non-hydrogen) atoms. The van der Waals surface area contributed by atoms with E-state index in [0.717, 1.165) is 22.2 Å². The lowest BCUT2D eigenvalue weighted by molar-refractivity contribution is -0.119. The normalized spacial score (nSPS) is 14.4. The second-order valence-corrected chi connectivity index (χ2v) is 7.15. The number of ether oxygens (including phenoxy) is 2. The predicted octanol–water partition coefficient (Wildman–Crippen LogP) is 2.19. The first-order valence-electron chi connectivity index (χ1n) is 8.20. The summed E-state index contributed by atoms with van der Waals surface area (Å²) in [6, 6.07) is 5.74. The molecule has 2 heterocycles. The van der Waals surface area contributed by atoms with Gasteiger partial charge in [-0.05, 0) is 23.6 Å². The van der Waals surface area contributed by atoms with Crippen LogP contribution in [0, 0.1) is 5.92 Å². The number of nitrogens with zero attached hydrogens (tertiary/aromatic N) is 3. The number of benzene rings is 1. The number of carbonyl (C=O) groups excluding carboxylic acids is 1. The fourth-order valence-electron chi connectivity index (χ4n) is 2.64. The number of fused-ring (bicyclic) bond motifs is 1. The minimum atomic E-state index is -0.0941. The van der Waals surface area contributed by atoms with Gasteiger partial charge >= 0.3 is 0 Å². The Morgan fingerprint density at radius 3 is 2.76 bits per heavy atom. The highest BCUT2D eigenvalue weighted by Gasteiger charge is 2.21. The average molecular weight is 362 g/mol. The first-order valence-corrected chi connectivity index (χ1v) is 9.19. The Balaban J connectivity index is 1.66. The lowest BCUT2D eigenvalue weighted by Crippen LogP contribution is -2.33. The maximum atomic E-state index is 12.4. The predicted molar refractivity (Wildman–Crippen MR) is 94.9 cm³/mol. The molecule has 1 aliphatic heterocycles. The van der Waals surface area contributed by atoms with E-state index in [2.05, 4.69) is 29.4 Å². The highest BCUT2D eigenvalue weighted by Crippen LogP contribution is 2.34. The van der Waals surface area contributed by atoms with Gasteiger partial charge in [-0.3, -0.25) is 4.79 Å². The molecule has 0 aliphatic carbocycles. The monoisotopic (exact) mass is 362 g/mol. The van der Waals surface area contributed by atoms with Gasteiger partial charge in [0.2, 0.25) is 5.91 Å². The number of thioether (sulfide) groups is 1. The maximum absolute atomic E-state index is 12.4. The van der Waals surface area contributed by atoms with E-state index in [4.69, 9.17) is 9.47 Å². The molecule has 1 amide bonds. The van der Waals surface area contributed by atoms with Crippen LogP contribution in [0.15, 0.2) is 29.7 Å². The van der Waals surface area contributed by atoms with Crippen LogP contribution >= 0.6 is 11.8 Å². The van der Waals surface area contributed by atoms with Gasteiger partial charge in [0.25, 0.3) is 0 Å². The molecule has 0 saturated carbocycles. The van der Waals surface area contributed by atoms with E-state index in [1.54, 1.807) is 10.9 Å². The third kappa shape index (κ3) is 4.25. The first-order chi connectivity index (χ1) is 12.0. The summed E-state index contributed by atoms with van der Waals surface area (Å²) in [5.74, 6) is 1.98. The van der Waals surface area contributed by atoms with Crippen LogP contribution in [0.5, 0.6) is 11.5 Å². The van der Waals surface area contributed by atoms with Crippen molar-refractivity contribution in [1.29, 1.82) is 0 Å². The lowest BCUT2D eigenvalue weighted by atomic mass is 9.95. The van der Waals surface area contributed by atoms with E-state index in [1.165, 1.54) is 11.8 Å². The van der Waals surface area contributed by atoms with Crippen molar-refractivity contribution in [3.63, 3.8) is 0 Å². The van der Waals surface area contributed by atoms with Crippen molar-refractivity contribution in [2.24, 2.45) is 13.0 Å². The number of aromatic nitrogens is 3. The number of hydrogen-bond acceptors (Lipinski definition) is 6. The van der Waals surface area contributed by atoms with E-state index in [-0.39, 0.29) is 17.9 Å². The summed E-state index contributed by atoms with van der Waals surface area (Å²) in [5, 5.41) is 11.6. The van der Waals surface area contributed by atoms with E-state index >= 15 is 0 Å². The lowest BCUT2D eigenvalue weighted by Gasteiger charge is -2.25. The molecule has 7 nitrogen and oxygen atoms in total. The smallest absolute Gasteiger partial charge is 0.230 e. The average Bonchev–Trinajstić information content (AvgIpc) is 3.02. The third-order valence-electron chi connectivity index (χ3n) is 3.91. The Morgan fingerprint density at radius 1 is 1.32 bits per heavy atom. The zero-order valence-corrected chi connectivity index (χ0v) is 15.4. The van der Waals surface area contributed by atoms with Crippen molar-refractivity contribution in [2.45, 2.75) is 25.0 Å². The van der Waals surface area contributed by atoms with E-state index in [0.29, 0.717) is 19.0 Å². The Bertz CT molecular complexity index is 747. The van der Waals surface area contributed by atoms with Gasteiger partial charge in [-0.25, -0.2) is 0 Å². The van der Waals surface area contributed by atoms with Gasteiger partial charge in [0.15, 0.2) is 16.7 Å². The van der Waals surface area contributed by atoms with Crippen molar-refractivity contribution < 1.29 is 14.3 Å². The van der Waals surface area contributed by atoms with Crippen molar-refractivity contribution in [2.75, 3.05) is 19.0 Å². The minimum Gasteiger partial charge on any atom is -0.486 e. The van der Waals surface area contributed by atoms with Crippen LogP contribution in [-0.4, -0.2) is 39.6 Å². The van der Waals surface area contributed by atoms with Crippen LogP contribution in [0.3, 0.4) is 0 Å². The van der Waals surface area contributed by atoms with Crippen LogP contribution in [-0.2, 0) is 11.8 Å². The van der Waals surface area contributed by atoms with Gasteiger partial charge in [0.1, 0.15) is 19.5 Å². The second kappa shape index (κ2) is 7.77. The highest BCUT2D eigenvalue weighted by atomic mass is 32.2. The Hall–Kier alpha value is -2.22. The molecule has 0 radical (unpaired) electrons. The summed E-state index contributed by atoms with van der Waals surface area (Å²) in [6.45, 7) is 5.27. The second-order valence-electron chi connectivity index (χ2n) is 6.21. The molecular formula is C17H22N4O3S. The molecule has 1 aromatic carbocycles. The van der Waals surface area contributed by atoms with Gasteiger partial charge in [-0.1, -0.05) is 31.7 Å². The summed E-state index contributed by atoms with van der Waals surface area (Å²) in [6.07, 6.45) is 1.62. The SMILES string of the molecule is CC(C)[C@@H](NC(=O)CSc1nncn1C)c1ccc2c(c1)OCCO2. The summed E-state index contributed by atoms with van der Waals surface area (Å²) >= 11 is 1.37. The Kier molecular flexibility index (Phi) is 5.47. The van der Waals surface area contributed by atoms with Crippen LogP contribution < -0.4 is 14.8 Å². The highest BCUT2D eigenvalue weighted by molar-refractivity contribution is 7.99. The number of rotatable bonds is 6. The number of aryl methyl sites for hydroxylation is 1. The van der Waals surface area contributed by atoms with E-state index in [1.807, 2.05) is 25.2 Å². The fraction of sp³-hybridized carbons (Fsp3) is 0.471. The van der Waals surface area contributed by atoms with E-state index in [9.17, 15) is 4.79 Å². The summed E-state index contributed by atoms with van der Waals surface area (Å²) < 4.78 is 13.0. The van der Waals surface area contributed by atoms with Crippen LogP contribution in [0.4, 0.5) is 0 Å². The van der Waals surface area contributed by atoms with Crippen LogP contribution in [0.2, 0.25) is 0 Å². The molecule has 0 unspecified atom stereocenters. The summed E-state index contributed by atoms with van der Waals surface area (Å²) in [7, 11) is 1.85. The molecule has 8 heteroatoms. The van der Waals surface area contributed by atoms with E-state index < -0.39 is 0 Å². The molecule has 0 fully saturated rings. The van der Waals surface area contributed by atoms with Crippen molar-refractivity contribution in [3.05, 3.63) is 30.1 Å². The number of hydrogen-bond donors (Lipinski definition) is 1. The molecule has 0 bridgehead atoms. The molecule has 1 aliphatic rings.